The lowest BCUT2D eigenvalue weighted by Gasteiger charge is -2.24. The fourth-order valence-corrected chi connectivity index (χ4v) is 2.31. The van der Waals surface area contributed by atoms with Crippen LogP contribution >= 0.6 is 0 Å². The molecule has 4 amide bonds. The summed E-state index contributed by atoms with van der Waals surface area (Å²) in [5.74, 6) is -6.74. The predicted octanol–water partition coefficient (Wildman–Crippen LogP) is -4.64. The molecule has 0 rings (SSSR count). The van der Waals surface area contributed by atoms with Gasteiger partial charge in [-0.25, -0.2) is 4.79 Å². The zero-order chi connectivity index (χ0) is 25.0. The van der Waals surface area contributed by atoms with Crippen LogP contribution in [0.25, 0.3) is 0 Å². The Bertz CT molecular complexity index is 714. The molecule has 5 unspecified atom stereocenters. The zero-order valence-electron chi connectivity index (χ0n) is 17.3. The van der Waals surface area contributed by atoms with Crippen molar-refractivity contribution in [2.24, 2.45) is 11.5 Å². The molecule has 0 saturated carbocycles. The molecule has 15 heteroatoms. The molecule has 0 aliphatic heterocycles. The van der Waals surface area contributed by atoms with Crippen molar-refractivity contribution in [3.05, 3.63) is 0 Å². The Labute approximate surface area is 182 Å². The first kappa shape index (κ1) is 28.7. The van der Waals surface area contributed by atoms with E-state index in [2.05, 4.69) is 16.0 Å². The molecule has 182 valence electrons. The van der Waals surface area contributed by atoms with Crippen LogP contribution in [0.4, 0.5) is 0 Å². The normalized spacial score (nSPS) is 15.4. The van der Waals surface area contributed by atoms with E-state index in [1.54, 1.807) is 0 Å². The monoisotopic (exact) mass is 463 g/mol. The van der Waals surface area contributed by atoms with Crippen LogP contribution in [0, 0.1) is 0 Å². The molecule has 0 aromatic carbocycles. The Morgan fingerprint density at radius 3 is 1.72 bits per heavy atom. The molecule has 5 atom stereocenters. The molecule has 0 aliphatic carbocycles. The van der Waals surface area contributed by atoms with E-state index in [0.717, 1.165) is 0 Å². The van der Waals surface area contributed by atoms with E-state index in [4.69, 9.17) is 16.6 Å². The number of amides is 4. The molecule has 0 saturated heterocycles. The number of carboxylic acids is 2. The Balaban J connectivity index is 5.37. The lowest BCUT2D eigenvalue weighted by Crippen LogP contribution is -2.59. The number of carbonyl (C=O) groups excluding carboxylic acids is 4. The first-order chi connectivity index (χ1) is 14.8. The van der Waals surface area contributed by atoms with Gasteiger partial charge in [-0.1, -0.05) is 0 Å². The average Bonchev–Trinajstić information content (AvgIpc) is 2.70. The molecular formula is C17H29N5O10. The lowest BCUT2D eigenvalue weighted by atomic mass is 10.1. The number of carbonyl (C=O) groups is 6. The van der Waals surface area contributed by atoms with Gasteiger partial charge in [0.1, 0.15) is 24.2 Å². The van der Waals surface area contributed by atoms with Gasteiger partial charge in [0.15, 0.2) is 0 Å². The number of primary amides is 1. The molecular weight excluding hydrogens is 434 g/mol. The van der Waals surface area contributed by atoms with Gasteiger partial charge in [0.05, 0.1) is 12.7 Å². The summed E-state index contributed by atoms with van der Waals surface area (Å²) in [5.41, 5.74) is 10.4. The van der Waals surface area contributed by atoms with E-state index < -0.39 is 85.3 Å². The smallest absolute Gasteiger partial charge is 0.326 e. The number of aliphatic hydroxyl groups is 2. The number of rotatable bonds is 15. The quantitative estimate of drug-likeness (QED) is 0.111. The summed E-state index contributed by atoms with van der Waals surface area (Å²) in [5, 5.41) is 43.0. The van der Waals surface area contributed by atoms with Gasteiger partial charge >= 0.3 is 11.9 Å². The summed E-state index contributed by atoms with van der Waals surface area (Å²) in [6, 6.07) is -6.11. The molecule has 0 spiro atoms. The van der Waals surface area contributed by atoms with E-state index in [-0.39, 0.29) is 12.8 Å². The minimum atomic E-state index is -1.60. The highest BCUT2D eigenvalue weighted by atomic mass is 16.4. The SMILES string of the molecule is CC(O)C(N)C(=O)NC(CO)C(=O)NC(CCC(=O)O)C(=O)NC(CCC(N)=O)C(=O)O. The van der Waals surface area contributed by atoms with Crippen molar-refractivity contribution in [1.82, 2.24) is 16.0 Å². The highest BCUT2D eigenvalue weighted by Crippen LogP contribution is 2.04. The predicted molar refractivity (Wildman–Crippen MR) is 105 cm³/mol. The molecule has 11 N–H and O–H groups in total. The number of aliphatic hydroxyl groups excluding tert-OH is 2. The van der Waals surface area contributed by atoms with Crippen molar-refractivity contribution in [2.75, 3.05) is 6.61 Å². The topological polar surface area (TPSA) is 271 Å². The summed E-state index contributed by atoms with van der Waals surface area (Å²) in [4.78, 5) is 69.8. The van der Waals surface area contributed by atoms with Gasteiger partial charge in [0.25, 0.3) is 0 Å². The third-order valence-corrected chi connectivity index (χ3v) is 4.21. The first-order valence-corrected chi connectivity index (χ1v) is 9.48. The summed E-state index contributed by atoms with van der Waals surface area (Å²) in [6.07, 6.45) is -3.00. The van der Waals surface area contributed by atoms with Gasteiger partial charge in [-0.15, -0.1) is 0 Å². The minimum absolute atomic E-state index is 0.345. The van der Waals surface area contributed by atoms with Crippen LogP contribution in [0.15, 0.2) is 0 Å². The van der Waals surface area contributed by atoms with Crippen LogP contribution in [0.1, 0.15) is 32.6 Å². The maximum absolute atomic E-state index is 12.5. The third-order valence-electron chi connectivity index (χ3n) is 4.21. The molecule has 0 heterocycles. The van der Waals surface area contributed by atoms with Crippen molar-refractivity contribution in [1.29, 1.82) is 0 Å². The molecule has 0 radical (unpaired) electrons. The fraction of sp³-hybridized carbons (Fsp3) is 0.647. The molecule has 15 nitrogen and oxygen atoms in total. The Kier molecular flexibility index (Phi) is 12.5. The molecule has 0 aromatic heterocycles. The summed E-state index contributed by atoms with van der Waals surface area (Å²) in [7, 11) is 0. The Hall–Kier alpha value is -3.30. The van der Waals surface area contributed by atoms with Gasteiger partial charge in [-0.2, -0.15) is 0 Å². The standard InChI is InChI=1S/C17H29N5O10/c1-7(24)13(19)16(30)22-10(6-23)15(29)20-8(3-5-12(26)27)14(28)21-9(17(31)32)2-4-11(18)25/h7-10,13,23-24H,2-6,19H2,1H3,(H2,18,25)(H,20,29)(H,21,28)(H,22,30)(H,26,27)(H,31,32). The van der Waals surface area contributed by atoms with Gasteiger partial charge < -0.3 is 47.8 Å². The second-order valence-corrected chi connectivity index (χ2v) is 6.91. The van der Waals surface area contributed by atoms with Crippen molar-refractivity contribution in [3.8, 4) is 0 Å². The fourth-order valence-electron chi connectivity index (χ4n) is 2.31. The van der Waals surface area contributed by atoms with Gasteiger partial charge in [-0.05, 0) is 19.8 Å². The maximum atomic E-state index is 12.5. The molecule has 0 aromatic rings. The molecule has 0 fully saturated rings. The first-order valence-electron chi connectivity index (χ1n) is 9.48. The maximum Gasteiger partial charge on any atom is 0.326 e. The third kappa shape index (κ3) is 10.6. The van der Waals surface area contributed by atoms with Crippen molar-refractivity contribution in [2.45, 2.75) is 62.9 Å². The largest absolute Gasteiger partial charge is 0.481 e. The second kappa shape index (κ2) is 13.9. The van der Waals surface area contributed by atoms with E-state index in [1.165, 1.54) is 6.92 Å². The van der Waals surface area contributed by atoms with Gasteiger partial charge in [0, 0.05) is 12.8 Å². The van der Waals surface area contributed by atoms with E-state index in [9.17, 15) is 44.1 Å². The van der Waals surface area contributed by atoms with Crippen molar-refractivity contribution in [3.63, 3.8) is 0 Å². The van der Waals surface area contributed by atoms with Crippen LogP contribution in [0.5, 0.6) is 0 Å². The van der Waals surface area contributed by atoms with Crippen LogP contribution in [0.3, 0.4) is 0 Å². The number of nitrogens with two attached hydrogens (primary N) is 2. The van der Waals surface area contributed by atoms with Crippen molar-refractivity contribution < 1.29 is 49.2 Å². The number of nitrogens with one attached hydrogen (secondary N) is 3. The van der Waals surface area contributed by atoms with E-state index in [0.29, 0.717) is 0 Å². The van der Waals surface area contributed by atoms with E-state index in [1.807, 2.05) is 0 Å². The Morgan fingerprint density at radius 2 is 1.28 bits per heavy atom. The Morgan fingerprint density at radius 1 is 0.812 bits per heavy atom. The number of hydrogen-bond donors (Lipinski definition) is 9. The molecule has 0 bridgehead atoms. The lowest BCUT2D eigenvalue weighted by molar-refractivity contribution is -0.143. The van der Waals surface area contributed by atoms with Crippen LogP contribution in [-0.4, -0.2) is 92.9 Å². The van der Waals surface area contributed by atoms with Crippen LogP contribution in [0.2, 0.25) is 0 Å². The average molecular weight is 463 g/mol. The number of carboxylic acid groups (broad SMARTS) is 2. The second-order valence-electron chi connectivity index (χ2n) is 6.91. The van der Waals surface area contributed by atoms with Crippen molar-refractivity contribution >= 4 is 35.6 Å². The highest BCUT2D eigenvalue weighted by molar-refractivity contribution is 5.94. The van der Waals surface area contributed by atoms with Gasteiger partial charge in [-0.3, -0.25) is 24.0 Å². The summed E-state index contributed by atoms with van der Waals surface area (Å²) in [6.45, 7) is 0.301. The summed E-state index contributed by atoms with van der Waals surface area (Å²) >= 11 is 0. The van der Waals surface area contributed by atoms with Crippen LogP contribution in [-0.2, 0) is 28.8 Å². The number of aliphatic carboxylic acids is 2. The molecule has 32 heavy (non-hydrogen) atoms. The molecule has 0 aliphatic rings. The highest BCUT2D eigenvalue weighted by Gasteiger charge is 2.31. The minimum Gasteiger partial charge on any atom is -0.481 e. The van der Waals surface area contributed by atoms with Gasteiger partial charge in [0.2, 0.25) is 23.6 Å². The van der Waals surface area contributed by atoms with Crippen LogP contribution < -0.4 is 27.4 Å². The zero-order valence-corrected chi connectivity index (χ0v) is 17.3. The van der Waals surface area contributed by atoms with E-state index >= 15 is 0 Å². The summed E-state index contributed by atoms with van der Waals surface area (Å²) < 4.78 is 0. The number of hydrogen-bond acceptors (Lipinski definition) is 9.